The largest absolute Gasteiger partial charge is 0.400 e. The van der Waals surface area contributed by atoms with E-state index in [1.165, 1.54) is 6.92 Å². The van der Waals surface area contributed by atoms with Gasteiger partial charge in [-0.25, -0.2) is 4.18 Å². The Morgan fingerprint density at radius 1 is 1.06 bits per heavy atom. The van der Waals surface area contributed by atoms with Crippen molar-refractivity contribution >= 4 is 27.7 Å². The fraction of sp³-hybridized carbons (Fsp3) is 0.667. The predicted molar refractivity (Wildman–Crippen MR) is 56.4 cm³/mol. The zero-order valence-corrected chi connectivity index (χ0v) is 10.4. The van der Waals surface area contributed by atoms with Crippen molar-refractivity contribution in [3.8, 4) is 0 Å². The van der Waals surface area contributed by atoms with Gasteiger partial charge in [-0.2, -0.15) is 8.42 Å². The van der Waals surface area contributed by atoms with Gasteiger partial charge in [0, 0.05) is 12.8 Å². The molecule has 0 atom stereocenters. The maximum absolute atomic E-state index is 11.2. The Morgan fingerprint density at radius 2 is 1.65 bits per heavy atom. The highest BCUT2D eigenvalue weighted by Gasteiger charge is 2.18. The second-order valence-electron chi connectivity index (χ2n) is 3.24. The zero-order valence-electron chi connectivity index (χ0n) is 9.59. The molecule has 7 nitrogen and oxygen atoms in total. The van der Waals surface area contributed by atoms with Gasteiger partial charge in [-0.15, -0.1) is 0 Å². The molecule has 0 aromatic heterocycles. The summed E-state index contributed by atoms with van der Waals surface area (Å²) in [4.78, 5) is 32.8. The Balaban J connectivity index is 3.99. The van der Waals surface area contributed by atoms with Crippen LogP contribution in [0.1, 0.15) is 26.2 Å². The molecule has 0 aromatic carbocycles. The van der Waals surface area contributed by atoms with Crippen LogP contribution in [0.25, 0.3) is 0 Å². The number of ketones is 3. The first-order chi connectivity index (χ1) is 7.78. The highest BCUT2D eigenvalue weighted by molar-refractivity contribution is 7.81. The average Bonchev–Trinajstić information content (AvgIpc) is 2.25. The van der Waals surface area contributed by atoms with Crippen LogP contribution in [0.15, 0.2) is 0 Å². The minimum Gasteiger partial charge on any atom is -0.300 e. The van der Waals surface area contributed by atoms with Gasteiger partial charge in [-0.05, 0) is 13.3 Å². The van der Waals surface area contributed by atoms with Crippen LogP contribution in [-0.4, -0.2) is 39.5 Å². The van der Waals surface area contributed by atoms with Gasteiger partial charge in [0.2, 0.25) is 11.6 Å². The van der Waals surface area contributed by atoms with Crippen molar-refractivity contribution in [1.29, 1.82) is 0 Å². The second kappa shape index (κ2) is 7.25. The summed E-state index contributed by atoms with van der Waals surface area (Å²) in [6.07, 6.45) is 0.363. The van der Waals surface area contributed by atoms with E-state index in [-0.39, 0.29) is 25.0 Å². The summed E-state index contributed by atoms with van der Waals surface area (Å²) < 4.78 is 29.4. The fourth-order valence-electron chi connectivity index (χ4n) is 0.892. The first-order valence-corrected chi connectivity index (χ1v) is 6.12. The summed E-state index contributed by atoms with van der Waals surface area (Å²) in [6, 6.07) is 0. The molecule has 0 unspecified atom stereocenters. The lowest BCUT2D eigenvalue weighted by Crippen LogP contribution is -2.22. The molecule has 0 aliphatic rings. The highest BCUT2D eigenvalue weighted by Crippen LogP contribution is 2.00. The molecule has 0 spiro atoms. The molecular formula is C9H14O7S. The minimum absolute atomic E-state index is 0.0801. The molecule has 0 radical (unpaired) electrons. The Morgan fingerprint density at radius 3 is 2.12 bits per heavy atom. The molecule has 98 valence electrons. The zero-order chi connectivity index (χ0) is 13.5. The van der Waals surface area contributed by atoms with Gasteiger partial charge >= 0.3 is 10.4 Å². The van der Waals surface area contributed by atoms with E-state index >= 15 is 0 Å². The molecule has 17 heavy (non-hydrogen) atoms. The molecule has 0 bridgehead atoms. The van der Waals surface area contributed by atoms with E-state index in [0.29, 0.717) is 0 Å². The molecule has 0 N–H and O–H groups in total. The van der Waals surface area contributed by atoms with Crippen LogP contribution < -0.4 is 0 Å². The number of hydrogen-bond donors (Lipinski definition) is 0. The van der Waals surface area contributed by atoms with E-state index in [2.05, 4.69) is 8.37 Å². The van der Waals surface area contributed by atoms with Crippen LogP contribution in [0.5, 0.6) is 0 Å². The molecule has 0 aromatic rings. The smallest absolute Gasteiger partial charge is 0.300 e. The first kappa shape index (κ1) is 15.9. The second-order valence-corrected chi connectivity index (χ2v) is 4.62. The van der Waals surface area contributed by atoms with Crippen molar-refractivity contribution in [1.82, 2.24) is 0 Å². The van der Waals surface area contributed by atoms with E-state index in [1.807, 2.05) is 0 Å². The summed E-state index contributed by atoms with van der Waals surface area (Å²) >= 11 is 0. The number of Topliss-reactive ketones (excluding diaryl/α,β-unsaturated/α-hetero) is 3. The number of hydrogen-bond acceptors (Lipinski definition) is 7. The molecular weight excluding hydrogens is 252 g/mol. The Hall–Kier alpha value is -1.12. The van der Waals surface area contributed by atoms with E-state index < -0.39 is 28.6 Å². The third-order valence-electron chi connectivity index (χ3n) is 1.78. The quantitative estimate of drug-likeness (QED) is 0.532. The lowest BCUT2D eigenvalue weighted by atomic mass is 10.1. The normalized spacial score (nSPS) is 11.2. The lowest BCUT2D eigenvalue weighted by Gasteiger charge is -2.01. The molecule has 0 amide bonds. The van der Waals surface area contributed by atoms with Crippen molar-refractivity contribution in [2.75, 3.05) is 13.7 Å². The molecule has 8 heteroatoms. The maximum atomic E-state index is 11.2. The predicted octanol–water partition coefficient (Wildman–Crippen LogP) is -0.208. The number of rotatable bonds is 9. The summed E-state index contributed by atoms with van der Waals surface area (Å²) in [5, 5.41) is 0. The molecule has 0 fully saturated rings. The topological polar surface area (TPSA) is 104 Å². The number of carbonyl (C=O) groups excluding carboxylic acids is 3. The van der Waals surface area contributed by atoms with E-state index in [1.54, 1.807) is 0 Å². The summed E-state index contributed by atoms with van der Waals surface area (Å²) in [5.74, 6) is -1.81. The first-order valence-electron chi connectivity index (χ1n) is 4.79. The highest BCUT2D eigenvalue weighted by atomic mass is 32.3. The van der Waals surface area contributed by atoms with Gasteiger partial charge in [0.15, 0.2) is 0 Å². The van der Waals surface area contributed by atoms with Gasteiger partial charge in [-0.1, -0.05) is 0 Å². The maximum Gasteiger partial charge on any atom is 0.400 e. The molecule has 0 saturated carbocycles. The van der Waals surface area contributed by atoms with Crippen molar-refractivity contribution < 1.29 is 31.2 Å². The average molecular weight is 266 g/mol. The van der Waals surface area contributed by atoms with E-state index in [4.69, 9.17) is 0 Å². The van der Waals surface area contributed by atoms with Crippen LogP contribution in [0, 0.1) is 0 Å². The minimum atomic E-state index is -4.21. The van der Waals surface area contributed by atoms with Crippen molar-refractivity contribution in [2.24, 2.45) is 0 Å². The van der Waals surface area contributed by atoms with Gasteiger partial charge in [0.25, 0.3) is 0 Å². The van der Waals surface area contributed by atoms with Crippen LogP contribution in [-0.2, 0) is 33.1 Å². The molecule has 0 aliphatic carbocycles. The monoisotopic (exact) mass is 266 g/mol. The third-order valence-corrected chi connectivity index (χ3v) is 2.60. The standard InChI is InChI=1S/C9H14O7S/c1-7(10)4-3-5-8(11)9(12)6-16-17(13,14)15-2/h3-6H2,1-2H3. The van der Waals surface area contributed by atoms with Crippen molar-refractivity contribution in [3.05, 3.63) is 0 Å². The lowest BCUT2D eigenvalue weighted by molar-refractivity contribution is -0.137. The van der Waals surface area contributed by atoms with Crippen LogP contribution in [0.3, 0.4) is 0 Å². The Labute approximate surface area is 99.4 Å². The van der Waals surface area contributed by atoms with E-state index in [0.717, 1.165) is 7.11 Å². The fourth-order valence-corrected chi connectivity index (χ4v) is 1.24. The Bertz CT molecular complexity index is 396. The van der Waals surface area contributed by atoms with Crippen molar-refractivity contribution in [2.45, 2.75) is 26.2 Å². The van der Waals surface area contributed by atoms with Gasteiger partial charge in [-0.3, -0.25) is 13.8 Å². The summed E-state index contributed by atoms with van der Waals surface area (Å²) in [5.41, 5.74) is 0. The van der Waals surface area contributed by atoms with E-state index in [9.17, 15) is 22.8 Å². The van der Waals surface area contributed by atoms with Gasteiger partial charge in [0.05, 0.1) is 7.11 Å². The molecule has 0 heterocycles. The molecule has 0 rings (SSSR count). The third kappa shape index (κ3) is 7.72. The molecule has 0 saturated heterocycles. The van der Waals surface area contributed by atoms with Crippen LogP contribution >= 0.6 is 0 Å². The summed E-state index contributed by atoms with van der Waals surface area (Å²) in [7, 11) is -3.34. The van der Waals surface area contributed by atoms with Crippen LogP contribution in [0.4, 0.5) is 0 Å². The van der Waals surface area contributed by atoms with Crippen LogP contribution in [0.2, 0.25) is 0 Å². The van der Waals surface area contributed by atoms with Crippen molar-refractivity contribution in [3.63, 3.8) is 0 Å². The summed E-state index contributed by atoms with van der Waals surface area (Å²) in [6.45, 7) is 0.496. The van der Waals surface area contributed by atoms with Gasteiger partial charge < -0.3 is 4.79 Å². The Kier molecular flexibility index (Phi) is 6.78. The van der Waals surface area contributed by atoms with Gasteiger partial charge in [0.1, 0.15) is 12.4 Å². The SMILES string of the molecule is COS(=O)(=O)OCC(=O)C(=O)CCCC(C)=O. The molecule has 0 aliphatic heterocycles. The number of carbonyl (C=O) groups is 3.